The zero-order valence-electron chi connectivity index (χ0n) is 18.5. The van der Waals surface area contributed by atoms with Crippen LogP contribution in [0, 0.1) is 29.6 Å². The predicted octanol–water partition coefficient (Wildman–Crippen LogP) is 3.49. The van der Waals surface area contributed by atoms with E-state index < -0.39 is 6.10 Å². The number of fused-ring (bicyclic) bond motifs is 6. The molecule has 0 aromatic carbocycles. The van der Waals surface area contributed by atoms with Gasteiger partial charge < -0.3 is 14.6 Å². The van der Waals surface area contributed by atoms with Crippen LogP contribution in [0.5, 0.6) is 0 Å². The van der Waals surface area contributed by atoms with E-state index in [1.54, 1.807) is 12.2 Å². The zero-order valence-corrected chi connectivity index (χ0v) is 18.5. The van der Waals surface area contributed by atoms with Crippen molar-refractivity contribution in [3.63, 3.8) is 0 Å². The van der Waals surface area contributed by atoms with Crippen molar-refractivity contribution in [1.82, 2.24) is 0 Å². The third-order valence-corrected chi connectivity index (χ3v) is 8.44. The summed E-state index contributed by atoms with van der Waals surface area (Å²) in [6.45, 7) is 2.24. The lowest BCUT2D eigenvalue weighted by Crippen LogP contribution is -2.39. The summed E-state index contributed by atoms with van der Waals surface area (Å²) in [6, 6.07) is 0. The van der Waals surface area contributed by atoms with E-state index >= 15 is 0 Å². The molecule has 7 aliphatic rings. The number of carbonyl (C=O) groups is 2. The minimum Gasteiger partial charge on any atom is -0.392 e. The number of allylic oxidation sites excluding steroid dienone is 4. The van der Waals surface area contributed by atoms with Gasteiger partial charge in [-0.3, -0.25) is 9.59 Å². The molecule has 4 aliphatic carbocycles. The number of aliphatic hydroxyl groups excluding tert-OH is 1. The highest BCUT2D eigenvalue weighted by Crippen LogP contribution is 2.45. The van der Waals surface area contributed by atoms with Gasteiger partial charge in [0.05, 0.1) is 25.4 Å². The van der Waals surface area contributed by atoms with Gasteiger partial charge in [-0.15, -0.1) is 0 Å². The first kappa shape index (κ1) is 20.8. The molecule has 4 bridgehead atoms. The number of hydrogen-bond donors (Lipinski definition) is 1. The van der Waals surface area contributed by atoms with E-state index in [0.29, 0.717) is 37.2 Å². The maximum absolute atomic E-state index is 12.9. The molecule has 170 valence electrons. The van der Waals surface area contributed by atoms with Gasteiger partial charge in [-0.2, -0.15) is 0 Å². The van der Waals surface area contributed by atoms with Crippen LogP contribution in [0.25, 0.3) is 0 Å². The normalized spacial score (nSPS) is 39.2. The molecule has 3 saturated heterocycles. The van der Waals surface area contributed by atoms with Crippen LogP contribution in [0.4, 0.5) is 0 Å². The maximum Gasteiger partial charge on any atom is 0.163 e. The Labute approximate surface area is 189 Å². The second-order valence-electron chi connectivity index (χ2n) is 10.8. The summed E-state index contributed by atoms with van der Waals surface area (Å²) >= 11 is 0. The molecule has 2 saturated carbocycles. The predicted molar refractivity (Wildman–Crippen MR) is 119 cm³/mol. The van der Waals surface area contributed by atoms with Crippen LogP contribution in [-0.2, 0) is 19.1 Å². The van der Waals surface area contributed by atoms with Gasteiger partial charge in [0.2, 0.25) is 0 Å². The second-order valence-corrected chi connectivity index (χ2v) is 10.8. The molecule has 5 fully saturated rings. The van der Waals surface area contributed by atoms with E-state index in [9.17, 15) is 14.7 Å². The van der Waals surface area contributed by atoms with Crippen molar-refractivity contribution < 1.29 is 24.2 Å². The zero-order chi connectivity index (χ0) is 21.8. The van der Waals surface area contributed by atoms with Gasteiger partial charge in [0.25, 0.3) is 0 Å². The SMILES string of the molecule is O=C1C=C(CC(O)CC2=CC(=O)C3CC4CCC(OC4)C3=C2)C=C2C3COCC(C3)CC12. The van der Waals surface area contributed by atoms with Crippen molar-refractivity contribution in [3.05, 3.63) is 46.6 Å². The first-order valence-electron chi connectivity index (χ1n) is 12.3. The Bertz CT molecular complexity index is 945. The summed E-state index contributed by atoms with van der Waals surface area (Å²) in [7, 11) is 0. The first-order chi connectivity index (χ1) is 15.5. The molecule has 5 nitrogen and oxygen atoms in total. The Morgan fingerprint density at radius 1 is 0.812 bits per heavy atom. The van der Waals surface area contributed by atoms with E-state index in [0.717, 1.165) is 62.0 Å². The van der Waals surface area contributed by atoms with Crippen LogP contribution in [-0.4, -0.2) is 48.7 Å². The van der Waals surface area contributed by atoms with Crippen LogP contribution in [0.2, 0.25) is 0 Å². The average Bonchev–Trinajstić information content (AvgIpc) is 3.05. The molecular weight excluding hydrogens is 404 g/mol. The molecule has 3 aliphatic heterocycles. The fourth-order valence-corrected chi connectivity index (χ4v) is 6.92. The Kier molecular flexibility index (Phi) is 5.32. The van der Waals surface area contributed by atoms with Gasteiger partial charge in [0.1, 0.15) is 0 Å². The van der Waals surface area contributed by atoms with E-state index in [1.165, 1.54) is 5.57 Å². The summed E-state index contributed by atoms with van der Waals surface area (Å²) in [4.78, 5) is 25.7. The van der Waals surface area contributed by atoms with E-state index in [4.69, 9.17) is 9.47 Å². The Morgan fingerprint density at radius 2 is 1.50 bits per heavy atom. The summed E-state index contributed by atoms with van der Waals surface area (Å²) < 4.78 is 11.8. The molecule has 7 atom stereocenters. The van der Waals surface area contributed by atoms with Crippen LogP contribution in [0.15, 0.2) is 46.6 Å². The molecule has 0 aromatic rings. The molecule has 32 heavy (non-hydrogen) atoms. The molecule has 0 amide bonds. The number of rotatable bonds is 4. The fraction of sp³-hybridized carbons (Fsp3) is 0.630. The minimum absolute atomic E-state index is 0.00866. The maximum atomic E-state index is 12.9. The topological polar surface area (TPSA) is 72.8 Å². The van der Waals surface area contributed by atoms with Gasteiger partial charge in [0.15, 0.2) is 11.6 Å². The third kappa shape index (κ3) is 3.78. The Hall–Kier alpha value is -1.82. The standard InChI is InChI=1S/C27H32O5/c28-20(4-16-7-21-19-3-18(12-31-14-19)9-22(21)25(29)10-16)5-17-8-24-23(26(30)11-17)6-15-1-2-27(24)32-13-15/h7-8,10-11,15,18-20,22-23,27-28H,1-6,9,12-14H2. The fourth-order valence-electron chi connectivity index (χ4n) is 6.92. The van der Waals surface area contributed by atoms with Crippen molar-refractivity contribution >= 4 is 11.6 Å². The lowest BCUT2D eigenvalue weighted by atomic mass is 9.67. The van der Waals surface area contributed by atoms with Crippen LogP contribution in [0.1, 0.15) is 44.9 Å². The van der Waals surface area contributed by atoms with Gasteiger partial charge >= 0.3 is 0 Å². The highest BCUT2D eigenvalue weighted by molar-refractivity contribution is 5.97. The van der Waals surface area contributed by atoms with Crippen molar-refractivity contribution in [3.8, 4) is 0 Å². The minimum atomic E-state index is -0.628. The molecule has 3 heterocycles. The van der Waals surface area contributed by atoms with Crippen LogP contribution < -0.4 is 0 Å². The molecule has 0 aromatic heterocycles. The monoisotopic (exact) mass is 436 g/mol. The number of hydrogen-bond acceptors (Lipinski definition) is 5. The highest BCUT2D eigenvalue weighted by Gasteiger charge is 2.41. The van der Waals surface area contributed by atoms with Gasteiger partial charge in [0, 0.05) is 24.4 Å². The Morgan fingerprint density at radius 3 is 2.22 bits per heavy atom. The molecule has 5 heteroatoms. The quantitative estimate of drug-likeness (QED) is 0.730. The summed E-state index contributed by atoms with van der Waals surface area (Å²) in [5.41, 5.74) is 4.12. The van der Waals surface area contributed by atoms with Crippen molar-refractivity contribution in [2.45, 2.75) is 57.2 Å². The van der Waals surface area contributed by atoms with E-state index in [2.05, 4.69) is 12.2 Å². The summed E-state index contributed by atoms with van der Waals surface area (Å²) in [5, 5.41) is 10.9. The molecule has 7 unspecified atom stereocenters. The molecule has 1 N–H and O–H groups in total. The van der Waals surface area contributed by atoms with Gasteiger partial charge in [-0.1, -0.05) is 17.7 Å². The van der Waals surface area contributed by atoms with E-state index in [1.807, 2.05) is 0 Å². The second kappa shape index (κ2) is 8.19. The summed E-state index contributed by atoms with van der Waals surface area (Å²) in [5.74, 6) is 1.64. The lowest BCUT2D eigenvalue weighted by Gasteiger charge is -2.41. The third-order valence-electron chi connectivity index (χ3n) is 8.44. The number of ketones is 2. The molecule has 7 rings (SSSR count). The number of aliphatic hydroxyl groups is 1. The van der Waals surface area contributed by atoms with Crippen LogP contribution in [0.3, 0.4) is 0 Å². The van der Waals surface area contributed by atoms with Crippen molar-refractivity contribution in [1.29, 1.82) is 0 Å². The molecule has 0 radical (unpaired) electrons. The van der Waals surface area contributed by atoms with Crippen LogP contribution >= 0.6 is 0 Å². The molecule has 0 spiro atoms. The molecular formula is C27H32O5. The smallest absolute Gasteiger partial charge is 0.163 e. The average molecular weight is 437 g/mol. The first-order valence-corrected chi connectivity index (χ1v) is 12.3. The number of ether oxygens (including phenoxy) is 2. The highest BCUT2D eigenvalue weighted by atomic mass is 16.5. The van der Waals surface area contributed by atoms with Crippen molar-refractivity contribution in [2.75, 3.05) is 19.8 Å². The van der Waals surface area contributed by atoms with Gasteiger partial charge in [-0.25, -0.2) is 0 Å². The summed E-state index contributed by atoms with van der Waals surface area (Å²) in [6.07, 6.45) is 13.0. The van der Waals surface area contributed by atoms with E-state index in [-0.39, 0.29) is 29.5 Å². The van der Waals surface area contributed by atoms with Gasteiger partial charge in [-0.05, 0) is 85.7 Å². The Balaban J connectivity index is 1.16. The van der Waals surface area contributed by atoms with Crippen molar-refractivity contribution in [2.24, 2.45) is 29.6 Å². The lowest BCUT2D eigenvalue weighted by molar-refractivity contribution is -0.120. The largest absolute Gasteiger partial charge is 0.392 e. The number of carbonyl (C=O) groups excluding carboxylic acids is 2.